The number of benzene rings is 2. The maximum atomic E-state index is 13.1. The predicted molar refractivity (Wildman–Crippen MR) is 122 cm³/mol. The summed E-state index contributed by atoms with van der Waals surface area (Å²) < 4.78 is 30.3. The molecular weight excluding hydrogens is 459 g/mol. The predicted octanol–water partition coefficient (Wildman–Crippen LogP) is 2.42. The van der Waals surface area contributed by atoms with Gasteiger partial charge in [0, 0.05) is 0 Å². The summed E-state index contributed by atoms with van der Waals surface area (Å²) in [4.78, 5) is 12.7. The number of amides is 1. The molecule has 0 bridgehead atoms. The third kappa shape index (κ3) is 5.40. The van der Waals surface area contributed by atoms with Gasteiger partial charge in [0.15, 0.2) is 17.2 Å². The summed E-state index contributed by atoms with van der Waals surface area (Å²) in [5, 5.41) is 18.8. The minimum atomic E-state index is -0.588. The number of aromatic nitrogens is 5. The van der Waals surface area contributed by atoms with E-state index in [1.165, 1.54) is 18.3 Å². The molecule has 180 valence electrons. The van der Waals surface area contributed by atoms with Gasteiger partial charge in [0.2, 0.25) is 11.6 Å². The zero-order valence-corrected chi connectivity index (χ0v) is 18.8. The number of rotatable bonds is 9. The van der Waals surface area contributed by atoms with Gasteiger partial charge in [-0.1, -0.05) is 17.3 Å². The smallest absolute Gasteiger partial charge is 0.292 e. The standard InChI is InChI=1S/C22H21FN8O4/c1-3-33-18-10-15(6-9-17(18)34-12-14-4-7-16(23)8-5-14)11-25-27-22(32)19-13(2)26-30-31(19)21-20(24)28-35-29-21/h4-11H,3,12H2,1-2H3,(H2,24,28)(H,27,32)/b25-11-. The first kappa shape index (κ1) is 23.4. The molecule has 0 saturated heterocycles. The number of nitrogen functional groups attached to an aromatic ring is 1. The average molecular weight is 480 g/mol. The van der Waals surface area contributed by atoms with Gasteiger partial charge in [-0.3, -0.25) is 4.79 Å². The Bertz CT molecular complexity index is 1350. The Kier molecular flexibility index (Phi) is 6.95. The fourth-order valence-electron chi connectivity index (χ4n) is 3.06. The van der Waals surface area contributed by atoms with Crippen LogP contribution in [0.4, 0.5) is 10.2 Å². The Morgan fingerprint density at radius 1 is 1.20 bits per heavy atom. The highest BCUT2D eigenvalue weighted by atomic mass is 19.1. The molecule has 2 aromatic heterocycles. The van der Waals surface area contributed by atoms with Crippen molar-refractivity contribution in [3.8, 4) is 17.3 Å². The van der Waals surface area contributed by atoms with E-state index in [-0.39, 0.29) is 29.8 Å². The first-order chi connectivity index (χ1) is 17.0. The fraction of sp³-hybridized carbons (Fsp3) is 0.182. The summed E-state index contributed by atoms with van der Waals surface area (Å²) in [5.74, 6) is 0.110. The van der Waals surface area contributed by atoms with Crippen LogP contribution in [0.25, 0.3) is 5.82 Å². The maximum Gasteiger partial charge on any atom is 0.292 e. The Hall–Kier alpha value is -4.81. The van der Waals surface area contributed by atoms with E-state index in [0.29, 0.717) is 29.4 Å². The van der Waals surface area contributed by atoms with Crippen LogP contribution in [0.15, 0.2) is 52.2 Å². The largest absolute Gasteiger partial charge is 0.490 e. The Labute approximate surface area is 198 Å². The van der Waals surface area contributed by atoms with E-state index in [1.54, 1.807) is 37.3 Å². The number of hydrogen-bond acceptors (Lipinski definition) is 10. The SMILES string of the molecule is CCOc1cc(/C=N\NC(=O)c2c(C)nnn2-c2nonc2N)ccc1OCc1ccc(F)cc1. The molecule has 2 heterocycles. The molecule has 0 unspecified atom stereocenters. The summed E-state index contributed by atoms with van der Waals surface area (Å²) in [6.45, 7) is 4.11. The number of hydrogen-bond donors (Lipinski definition) is 2. The van der Waals surface area contributed by atoms with Gasteiger partial charge in [-0.15, -0.1) is 5.10 Å². The molecule has 13 heteroatoms. The number of hydrazone groups is 1. The molecule has 0 atom stereocenters. The third-order valence-electron chi connectivity index (χ3n) is 4.70. The number of nitrogens with zero attached hydrogens (tertiary/aromatic N) is 6. The summed E-state index contributed by atoms with van der Waals surface area (Å²) in [6.07, 6.45) is 1.44. The number of anilines is 1. The van der Waals surface area contributed by atoms with E-state index >= 15 is 0 Å². The van der Waals surface area contributed by atoms with Crippen molar-refractivity contribution >= 4 is 17.9 Å². The molecule has 0 radical (unpaired) electrons. The first-order valence-corrected chi connectivity index (χ1v) is 10.4. The van der Waals surface area contributed by atoms with Crippen molar-refractivity contribution in [3.05, 3.63) is 70.8 Å². The molecule has 4 aromatic rings. The quantitative estimate of drug-likeness (QED) is 0.271. The minimum absolute atomic E-state index is 0.0392. The molecule has 4 rings (SSSR count). The lowest BCUT2D eigenvalue weighted by Gasteiger charge is -2.12. The van der Waals surface area contributed by atoms with Crippen molar-refractivity contribution in [1.29, 1.82) is 0 Å². The second-order valence-corrected chi connectivity index (χ2v) is 7.16. The molecular formula is C22H21FN8O4. The van der Waals surface area contributed by atoms with E-state index in [0.717, 1.165) is 10.2 Å². The lowest BCUT2D eigenvalue weighted by molar-refractivity contribution is 0.0946. The fourth-order valence-corrected chi connectivity index (χ4v) is 3.06. The van der Waals surface area contributed by atoms with Crippen LogP contribution < -0.4 is 20.6 Å². The van der Waals surface area contributed by atoms with Gasteiger partial charge in [-0.25, -0.2) is 14.4 Å². The minimum Gasteiger partial charge on any atom is -0.490 e. The van der Waals surface area contributed by atoms with Crippen LogP contribution in [-0.4, -0.2) is 44.0 Å². The molecule has 0 aliphatic carbocycles. The molecule has 0 aliphatic heterocycles. The van der Waals surface area contributed by atoms with Crippen molar-refractivity contribution in [2.75, 3.05) is 12.3 Å². The number of nitrogens with two attached hydrogens (primary N) is 1. The topological polar surface area (TPSA) is 156 Å². The number of carbonyl (C=O) groups is 1. The zero-order chi connectivity index (χ0) is 24.8. The number of aryl methyl sites for hydroxylation is 1. The second-order valence-electron chi connectivity index (χ2n) is 7.16. The second kappa shape index (κ2) is 10.4. The lowest BCUT2D eigenvalue weighted by atomic mass is 10.2. The highest BCUT2D eigenvalue weighted by molar-refractivity contribution is 5.94. The molecule has 2 aromatic carbocycles. The van der Waals surface area contributed by atoms with Crippen LogP contribution in [0.3, 0.4) is 0 Å². The third-order valence-corrected chi connectivity index (χ3v) is 4.70. The highest BCUT2D eigenvalue weighted by Crippen LogP contribution is 2.29. The Morgan fingerprint density at radius 2 is 2.00 bits per heavy atom. The van der Waals surface area contributed by atoms with Gasteiger partial charge >= 0.3 is 0 Å². The number of ether oxygens (including phenoxy) is 2. The van der Waals surface area contributed by atoms with Gasteiger partial charge in [-0.05, 0) is 65.6 Å². The van der Waals surface area contributed by atoms with Crippen molar-refractivity contribution in [3.63, 3.8) is 0 Å². The summed E-state index contributed by atoms with van der Waals surface area (Å²) in [6, 6.07) is 11.2. The zero-order valence-electron chi connectivity index (χ0n) is 18.8. The van der Waals surface area contributed by atoms with E-state index in [4.69, 9.17) is 15.2 Å². The lowest BCUT2D eigenvalue weighted by Crippen LogP contribution is -2.22. The van der Waals surface area contributed by atoms with Gasteiger partial charge in [-0.2, -0.15) is 9.78 Å². The summed E-state index contributed by atoms with van der Waals surface area (Å²) in [5.41, 5.74) is 9.98. The van der Waals surface area contributed by atoms with Gasteiger partial charge in [0.05, 0.1) is 18.5 Å². The molecule has 0 aliphatic rings. The van der Waals surface area contributed by atoms with Gasteiger partial charge in [0.25, 0.3) is 5.91 Å². The number of nitrogens with one attached hydrogen (secondary N) is 1. The Morgan fingerprint density at radius 3 is 2.71 bits per heavy atom. The van der Waals surface area contributed by atoms with E-state index < -0.39 is 5.91 Å². The van der Waals surface area contributed by atoms with Gasteiger partial charge in [0.1, 0.15) is 12.4 Å². The number of halogens is 1. The van der Waals surface area contributed by atoms with Gasteiger partial charge < -0.3 is 15.2 Å². The van der Waals surface area contributed by atoms with E-state index in [9.17, 15) is 9.18 Å². The van der Waals surface area contributed by atoms with E-state index in [1.807, 2.05) is 6.92 Å². The molecule has 0 fully saturated rings. The summed E-state index contributed by atoms with van der Waals surface area (Å²) >= 11 is 0. The molecule has 0 saturated carbocycles. The van der Waals surface area contributed by atoms with Crippen molar-refractivity contribution in [1.82, 2.24) is 30.7 Å². The molecule has 0 spiro atoms. The monoisotopic (exact) mass is 480 g/mol. The van der Waals surface area contributed by atoms with Crippen LogP contribution in [0.2, 0.25) is 0 Å². The van der Waals surface area contributed by atoms with Crippen LogP contribution in [0.1, 0.15) is 34.2 Å². The average Bonchev–Trinajstić information content (AvgIpc) is 3.44. The van der Waals surface area contributed by atoms with Crippen molar-refractivity contribution < 1.29 is 23.3 Å². The van der Waals surface area contributed by atoms with Crippen LogP contribution in [0, 0.1) is 12.7 Å². The van der Waals surface area contributed by atoms with Crippen LogP contribution >= 0.6 is 0 Å². The van der Waals surface area contributed by atoms with Crippen LogP contribution in [0.5, 0.6) is 11.5 Å². The van der Waals surface area contributed by atoms with Crippen molar-refractivity contribution in [2.45, 2.75) is 20.5 Å². The molecule has 35 heavy (non-hydrogen) atoms. The highest BCUT2D eigenvalue weighted by Gasteiger charge is 2.22. The maximum absolute atomic E-state index is 13.1. The molecule has 3 N–H and O–H groups in total. The summed E-state index contributed by atoms with van der Waals surface area (Å²) in [7, 11) is 0. The molecule has 12 nitrogen and oxygen atoms in total. The normalized spacial score (nSPS) is 11.1. The molecule has 1 amide bonds. The first-order valence-electron chi connectivity index (χ1n) is 10.4. The van der Waals surface area contributed by atoms with Crippen LogP contribution in [-0.2, 0) is 6.61 Å². The van der Waals surface area contributed by atoms with Crippen molar-refractivity contribution in [2.24, 2.45) is 5.10 Å². The Balaban J connectivity index is 1.45. The number of carbonyl (C=O) groups excluding carboxylic acids is 1. The van der Waals surface area contributed by atoms with E-state index in [2.05, 4.69) is 35.8 Å².